The molecule has 0 bridgehead atoms. The first kappa shape index (κ1) is 13.9. The number of carbonyl (C=O) groups is 2. The molecule has 0 spiro atoms. The van der Waals surface area contributed by atoms with Crippen LogP contribution in [0.25, 0.3) is 0 Å². The largest absolute Gasteiger partial charge is 0.481 e. The fraction of sp³-hybridized carbons (Fsp3) is 0.818. The number of ether oxygens (including phenoxy) is 1. The van der Waals surface area contributed by atoms with E-state index in [1.165, 1.54) is 0 Å². The molecule has 0 aliphatic heterocycles. The number of nitrogens with one attached hydrogen (secondary N) is 1. The van der Waals surface area contributed by atoms with Gasteiger partial charge in [0.25, 0.3) is 0 Å². The highest BCUT2D eigenvalue weighted by molar-refractivity contribution is 5.85. The Hall–Kier alpha value is -1.14. The Labute approximate surface area is 100.0 Å². The topological polar surface area (TPSA) is 95.9 Å². The average molecular weight is 245 g/mol. The molecule has 98 valence electrons. The van der Waals surface area contributed by atoms with Crippen LogP contribution in [0.2, 0.25) is 0 Å². The van der Waals surface area contributed by atoms with Gasteiger partial charge in [-0.25, -0.2) is 0 Å². The number of aliphatic carboxylic acids is 1. The van der Waals surface area contributed by atoms with Crippen LogP contribution >= 0.6 is 0 Å². The first-order valence-electron chi connectivity index (χ1n) is 5.86. The number of amides is 1. The van der Waals surface area contributed by atoms with Crippen molar-refractivity contribution < 1.29 is 24.5 Å². The SMILES string of the molecule is O=C(O)[C@H]1CCC[C@H]1C(=O)NCCOCCO. The van der Waals surface area contributed by atoms with Crippen LogP contribution in [0.15, 0.2) is 0 Å². The molecular weight excluding hydrogens is 226 g/mol. The van der Waals surface area contributed by atoms with Crippen molar-refractivity contribution in [1.82, 2.24) is 5.32 Å². The monoisotopic (exact) mass is 245 g/mol. The molecule has 0 radical (unpaired) electrons. The number of hydrogen-bond donors (Lipinski definition) is 3. The lowest BCUT2D eigenvalue weighted by atomic mass is 9.95. The second-order valence-corrected chi connectivity index (χ2v) is 4.11. The summed E-state index contributed by atoms with van der Waals surface area (Å²) in [5.41, 5.74) is 0. The fourth-order valence-corrected chi connectivity index (χ4v) is 2.11. The summed E-state index contributed by atoms with van der Waals surface area (Å²) >= 11 is 0. The maximum absolute atomic E-state index is 11.7. The lowest BCUT2D eigenvalue weighted by Gasteiger charge is -2.15. The summed E-state index contributed by atoms with van der Waals surface area (Å²) in [6.45, 7) is 0.882. The molecule has 0 aromatic heterocycles. The van der Waals surface area contributed by atoms with Gasteiger partial charge in [-0.05, 0) is 12.8 Å². The van der Waals surface area contributed by atoms with Gasteiger partial charge in [0.15, 0.2) is 0 Å². The van der Waals surface area contributed by atoms with E-state index in [1.807, 2.05) is 0 Å². The van der Waals surface area contributed by atoms with Gasteiger partial charge in [0, 0.05) is 6.54 Å². The lowest BCUT2D eigenvalue weighted by Crippen LogP contribution is -2.37. The molecule has 3 N–H and O–H groups in total. The van der Waals surface area contributed by atoms with Crippen molar-refractivity contribution in [2.75, 3.05) is 26.4 Å². The molecule has 1 aliphatic rings. The number of hydrogen-bond acceptors (Lipinski definition) is 4. The van der Waals surface area contributed by atoms with Crippen molar-refractivity contribution in [2.45, 2.75) is 19.3 Å². The van der Waals surface area contributed by atoms with E-state index in [-0.39, 0.29) is 19.1 Å². The van der Waals surface area contributed by atoms with Gasteiger partial charge in [-0.3, -0.25) is 9.59 Å². The number of aliphatic hydroxyl groups excluding tert-OH is 1. The van der Waals surface area contributed by atoms with Crippen LogP contribution in [-0.4, -0.2) is 48.5 Å². The summed E-state index contributed by atoms with van der Waals surface area (Å²) in [4.78, 5) is 22.6. The van der Waals surface area contributed by atoms with Crippen molar-refractivity contribution in [3.05, 3.63) is 0 Å². The first-order valence-corrected chi connectivity index (χ1v) is 5.86. The molecular formula is C11H19NO5. The highest BCUT2D eigenvalue weighted by atomic mass is 16.5. The third kappa shape index (κ3) is 4.32. The third-order valence-electron chi connectivity index (χ3n) is 2.95. The Kier molecular flexibility index (Phi) is 5.93. The van der Waals surface area contributed by atoms with E-state index >= 15 is 0 Å². The highest BCUT2D eigenvalue weighted by Gasteiger charge is 2.37. The summed E-state index contributed by atoms with van der Waals surface area (Å²) in [6, 6.07) is 0. The molecule has 6 nitrogen and oxygen atoms in total. The average Bonchev–Trinajstić information content (AvgIpc) is 2.77. The molecule has 2 atom stereocenters. The van der Waals surface area contributed by atoms with E-state index in [1.54, 1.807) is 0 Å². The van der Waals surface area contributed by atoms with Crippen LogP contribution in [0.3, 0.4) is 0 Å². The van der Waals surface area contributed by atoms with Gasteiger partial charge in [-0.1, -0.05) is 6.42 Å². The predicted molar refractivity (Wildman–Crippen MR) is 59.4 cm³/mol. The van der Waals surface area contributed by atoms with Crippen LogP contribution in [0.5, 0.6) is 0 Å². The summed E-state index contributed by atoms with van der Waals surface area (Å²) in [5, 5.41) is 20.1. The quantitative estimate of drug-likeness (QED) is 0.531. The van der Waals surface area contributed by atoms with Crippen LogP contribution in [0, 0.1) is 11.8 Å². The van der Waals surface area contributed by atoms with Gasteiger partial charge in [-0.2, -0.15) is 0 Å². The number of aliphatic hydroxyl groups is 1. The molecule has 0 aromatic rings. The summed E-state index contributed by atoms with van der Waals surface area (Å²) in [6.07, 6.45) is 2.00. The molecule has 0 saturated heterocycles. The number of rotatable bonds is 7. The molecule has 1 rings (SSSR count). The molecule has 1 fully saturated rings. The van der Waals surface area contributed by atoms with Gasteiger partial charge in [0.2, 0.25) is 5.91 Å². The van der Waals surface area contributed by atoms with Crippen LogP contribution in [-0.2, 0) is 14.3 Å². The Bertz CT molecular complexity index is 269. The van der Waals surface area contributed by atoms with Gasteiger partial charge in [0.05, 0.1) is 31.7 Å². The molecule has 1 saturated carbocycles. The zero-order valence-electron chi connectivity index (χ0n) is 9.72. The predicted octanol–water partition coefficient (Wildman–Crippen LogP) is -0.388. The van der Waals surface area contributed by atoms with Crippen LogP contribution in [0.1, 0.15) is 19.3 Å². The molecule has 6 heteroatoms. The van der Waals surface area contributed by atoms with Crippen LogP contribution in [0.4, 0.5) is 0 Å². The van der Waals surface area contributed by atoms with Gasteiger partial charge in [0.1, 0.15) is 0 Å². The normalized spacial score (nSPS) is 23.6. The van der Waals surface area contributed by atoms with Crippen molar-refractivity contribution in [3.63, 3.8) is 0 Å². The van der Waals surface area contributed by atoms with Gasteiger partial charge < -0.3 is 20.3 Å². The zero-order valence-corrected chi connectivity index (χ0v) is 9.72. The summed E-state index contributed by atoms with van der Waals surface area (Å²) in [5.74, 6) is -2.06. The molecule has 0 heterocycles. The molecule has 1 amide bonds. The maximum atomic E-state index is 11.7. The van der Waals surface area contributed by atoms with Gasteiger partial charge in [-0.15, -0.1) is 0 Å². The minimum absolute atomic E-state index is 0.0440. The Balaban J connectivity index is 2.25. The molecule has 0 aromatic carbocycles. The third-order valence-corrected chi connectivity index (χ3v) is 2.95. The highest BCUT2D eigenvalue weighted by Crippen LogP contribution is 2.31. The van der Waals surface area contributed by atoms with Gasteiger partial charge >= 0.3 is 5.97 Å². The first-order chi connectivity index (χ1) is 8.16. The van der Waals surface area contributed by atoms with E-state index < -0.39 is 17.8 Å². The Morgan fingerprint density at radius 3 is 2.59 bits per heavy atom. The smallest absolute Gasteiger partial charge is 0.307 e. The Morgan fingerprint density at radius 1 is 1.24 bits per heavy atom. The van der Waals surface area contributed by atoms with E-state index in [4.69, 9.17) is 14.9 Å². The van der Waals surface area contributed by atoms with E-state index in [9.17, 15) is 9.59 Å². The lowest BCUT2D eigenvalue weighted by molar-refractivity contribution is -0.146. The summed E-state index contributed by atoms with van der Waals surface area (Å²) < 4.78 is 4.99. The second kappa shape index (κ2) is 7.24. The van der Waals surface area contributed by atoms with Crippen molar-refractivity contribution in [2.24, 2.45) is 11.8 Å². The molecule has 0 unspecified atom stereocenters. The van der Waals surface area contributed by atoms with E-state index in [0.717, 1.165) is 6.42 Å². The summed E-state index contributed by atoms with van der Waals surface area (Å²) in [7, 11) is 0. The van der Waals surface area contributed by atoms with E-state index in [2.05, 4.69) is 5.32 Å². The Morgan fingerprint density at radius 2 is 1.94 bits per heavy atom. The minimum atomic E-state index is -0.890. The van der Waals surface area contributed by atoms with Crippen LogP contribution < -0.4 is 5.32 Å². The number of carboxylic acids is 1. The minimum Gasteiger partial charge on any atom is -0.481 e. The zero-order chi connectivity index (χ0) is 12.7. The van der Waals surface area contributed by atoms with Crippen molar-refractivity contribution in [1.29, 1.82) is 0 Å². The molecule has 17 heavy (non-hydrogen) atoms. The van der Waals surface area contributed by atoms with Crippen molar-refractivity contribution >= 4 is 11.9 Å². The second-order valence-electron chi connectivity index (χ2n) is 4.11. The number of carbonyl (C=O) groups excluding carboxylic acids is 1. The van der Waals surface area contributed by atoms with E-state index in [0.29, 0.717) is 26.0 Å². The standard InChI is InChI=1S/C11H19NO5/c13-5-7-17-6-4-12-10(14)8-2-1-3-9(8)11(15)16/h8-9,13H,1-7H2,(H,12,14)(H,15,16)/t8-,9+/m1/s1. The number of carboxylic acid groups (broad SMARTS) is 1. The molecule has 1 aliphatic carbocycles. The fourth-order valence-electron chi connectivity index (χ4n) is 2.11. The maximum Gasteiger partial charge on any atom is 0.307 e. The van der Waals surface area contributed by atoms with Crippen molar-refractivity contribution in [3.8, 4) is 0 Å².